The number of halogens is 2. The van der Waals surface area contributed by atoms with E-state index in [0.29, 0.717) is 11.8 Å². The van der Waals surface area contributed by atoms with Gasteiger partial charge in [-0.1, -0.05) is 42.0 Å². The van der Waals surface area contributed by atoms with E-state index in [4.69, 9.17) is 11.6 Å². The van der Waals surface area contributed by atoms with E-state index in [0.717, 1.165) is 22.7 Å². The van der Waals surface area contributed by atoms with Gasteiger partial charge in [0.2, 0.25) is 0 Å². The summed E-state index contributed by atoms with van der Waals surface area (Å²) in [5, 5.41) is 4.26. The molecule has 3 heteroatoms. The highest BCUT2D eigenvalue weighted by Crippen LogP contribution is 2.50. The summed E-state index contributed by atoms with van der Waals surface area (Å²) in [7, 11) is 0. The zero-order valence-corrected chi connectivity index (χ0v) is 12.1. The van der Waals surface area contributed by atoms with Gasteiger partial charge in [0.1, 0.15) is 5.82 Å². The van der Waals surface area contributed by atoms with Crippen molar-refractivity contribution in [1.82, 2.24) is 0 Å². The molecule has 0 aromatic heterocycles. The Morgan fingerprint density at radius 1 is 1.10 bits per heavy atom. The first-order chi connectivity index (χ1) is 10.2. The Labute approximate surface area is 128 Å². The van der Waals surface area contributed by atoms with Crippen LogP contribution in [-0.4, -0.2) is 0 Å². The molecule has 2 aliphatic rings. The first-order valence-corrected chi connectivity index (χ1v) is 7.59. The lowest BCUT2D eigenvalue weighted by molar-refractivity contribution is 0.413. The maximum Gasteiger partial charge on any atom is 0.128 e. The molecule has 1 nitrogen and oxygen atoms in total. The van der Waals surface area contributed by atoms with Crippen LogP contribution in [0.2, 0.25) is 5.02 Å². The molecular formula is C18H15ClFN. The quantitative estimate of drug-likeness (QED) is 0.704. The van der Waals surface area contributed by atoms with E-state index in [1.165, 1.54) is 11.6 Å². The molecule has 0 amide bonds. The minimum Gasteiger partial charge on any atom is -0.378 e. The molecule has 0 saturated carbocycles. The van der Waals surface area contributed by atoms with Crippen LogP contribution in [0.25, 0.3) is 0 Å². The van der Waals surface area contributed by atoms with Gasteiger partial charge in [-0.3, -0.25) is 0 Å². The summed E-state index contributed by atoms with van der Waals surface area (Å²) in [6.07, 6.45) is 5.39. The standard InChI is InChI=1S/C18H15ClFN/c19-11-8-9-17-15(10-11)12-5-3-6-13(12)18(21-17)14-4-1-2-7-16(14)20/h1-5,7-10,12-13,18,21H,6H2/t12-,13-,18-/m1/s1. The molecule has 4 rings (SSSR count). The molecule has 0 fully saturated rings. The van der Waals surface area contributed by atoms with Gasteiger partial charge in [0.15, 0.2) is 0 Å². The molecule has 0 saturated heterocycles. The molecular weight excluding hydrogens is 285 g/mol. The first kappa shape index (κ1) is 12.9. The zero-order valence-electron chi connectivity index (χ0n) is 11.4. The number of rotatable bonds is 1. The fourth-order valence-electron chi connectivity index (χ4n) is 3.60. The van der Waals surface area contributed by atoms with Gasteiger partial charge >= 0.3 is 0 Å². The highest BCUT2D eigenvalue weighted by atomic mass is 35.5. The van der Waals surface area contributed by atoms with Gasteiger partial charge in [0, 0.05) is 22.2 Å². The van der Waals surface area contributed by atoms with E-state index < -0.39 is 0 Å². The number of anilines is 1. The second-order valence-electron chi connectivity index (χ2n) is 5.73. The van der Waals surface area contributed by atoms with Crippen molar-refractivity contribution in [1.29, 1.82) is 0 Å². The second kappa shape index (κ2) is 4.88. The van der Waals surface area contributed by atoms with Gasteiger partial charge < -0.3 is 5.32 Å². The third-order valence-corrected chi connectivity index (χ3v) is 4.80. The molecule has 2 aromatic rings. The highest BCUT2D eigenvalue weighted by molar-refractivity contribution is 6.30. The third-order valence-electron chi connectivity index (χ3n) is 4.57. The lowest BCUT2D eigenvalue weighted by Gasteiger charge is -2.37. The minimum absolute atomic E-state index is 0.000115. The summed E-state index contributed by atoms with van der Waals surface area (Å²) in [5.41, 5.74) is 3.02. The van der Waals surface area contributed by atoms with Crippen molar-refractivity contribution in [3.8, 4) is 0 Å². The molecule has 0 bridgehead atoms. The summed E-state index contributed by atoms with van der Waals surface area (Å²) < 4.78 is 14.2. The molecule has 1 N–H and O–H groups in total. The number of nitrogens with one attached hydrogen (secondary N) is 1. The first-order valence-electron chi connectivity index (χ1n) is 7.21. The van der Waals surface area contributed by atoms with Crippen molar-refractivity contribution < 1.29 is 4.39 Å². The van der Waals surface area contributed by atoms with Crippen LogP contribution in [0.3, 0.4) is 0 Å². The summed E-state index contributed by atoms with van der Waals surface area (Å²) in [6, 6.07) is 12.9. The fraction of sp³-hybridized carbons (Fsp3) is 0.222. The second-order valence-corrected chi connectivity index (χ2v) is 6.17. The SMILES string of the molecule is Fc1ccccc1[C@@H]1Nc2ccc(Cl)cc2[C@@H]2C=CC[C@H]21. The van der Waals surface area contributed by atoms with E-state index in [1.807, 2.05) is 30.3 Å². The van der Waals surface area contributed by atoms with E-state index in [2.05, 4.69) is 17.5 Å². The number of hydrogen-bond acceptors (Lipinski definition) is 1. The van der Waals surface area contributed by atoms with Crippen LogP contribution < -0.4 is 5.32 Å². The van der Waals surface area contributed by atoms with Crippen LogP contribution >= 0.6 is 11.6 Å². The van der Waals surface area contributed by atoms with Crippen LogP contribution in [0, 0.1) is 11.7 Å². The van der Waals surface area contributed by atoms with E-state index in [9.17, 15) is 4.39 Å². The summed E-state index contributed by atoms with van der Waals surface area (Å²) in [6.45, 7) is 0. The molecule has 0 spiro atoms. The molecule has 1 aliphatic heterocycles. The highest BCUT2D eigenvalue weighted by Gasteiger charge is 2.38. The lowest BCUT2D eigenvalue weighted by Crippen LogP contribution is -2.29. The van der Waals surface area contributed by atoms with Crippen molar-refractivity contribution in [2.45, 2.75) is 18.4 Å². The van der Waals surface area contributed by atoms with Gasteiger partial charge in [-0.2, -0.15) is 0 Å². The van der Waals surface area contributed by atoms with Crippen LogP contribution in [0.5, 0.6) is 0 Å². The predicted molar refractivity (Wildman–Crippen MR) is 84.2 cm³/mol. The van der Waals surface area contributed by atoms with Gasteiger partial charge in [-0.15, -0.1) is 0 Å². The molecule has 21 heavy (non-hydrogen) atoms. The average molecular weight is 300 g/mol. The van der Waals surface area contributed by atoms with Crippen molar-refractivity contribution in [2.75, 3.05) is 5.32 Å². The lowest BCUT2D eigenvalue weighted by atomic mass is 9.77. The molecule has 2 aromatic carbocycles. The van der Waals surface area contributed by atoms with Crippen LogP contribution in [0.4, 0.5) is 10.1 Å². The Morgan fingerprint density at radius 3 is 2.81 bits per heavy atom. The van der Waals surface area contributed by atoms with Crippen LogP contribution in [0.1, 0.15) is 29.5 Å². The molecule has 0 radical (unpaired) electrons. The Hall–Kier alpha value is -1.80. The zero-order chi connectivity index (χ0) is 14.4. The number of hydrogen-bond donors (Lipinski definition) is 1. The van der Waals surface area contributed by atoms with Crippen LogP contribution in [0.15, 0.2) is 54.6 Å². The van der Waals surface area contributed by atoms with Gasteiger partial charge in [0.25, 0.3) is 0 Å². The van der Waals surface area contributed by atoms with Crippen molar-refractivity contribution >= 4 is 17.3 Å². The number of allylic oxidation sites excluding steroid dienone is 2. The predicted octanol–water partition coefficient (Wildman–Crippen LogP) is 5.31. The van der Waals surface area contributed by atoms with Gasteiger partial charge in [-0.25, -0.2) is 4.39 Å². The number of fused-ring (bicyclic) bond motifs is 3. The molecule has 106 valence electrons. The Kier molecular flexibility index (Phi) is 3.00. The smallest absolute Gasteiger partial charge is 0.128 e. The minimum atomic E-state index is -0.141. The fourth-order valence-corrected chi connectivity index (χ4v) is 3.78. The Balaban J connectivity index is 1.82. The third kappa shape index (κ3) is 2.06. The van der Waals surface area contributed by atoms with E-state index in [1.54, 1.807) is 6.07 Å². The van der Waals surface area contributed by atoms with E-state index >= 15 is 0 Å². The average Bonchev–Trinajstić information content (AvgIpc) is 2.97. The topological polar surface area (TPSA) is 12.0 Å². The largest absolute Gasteiger partial charge is 0.378 e. The molecule has 1 heterocycles. The van der Waals surface area contributed by atoms with Crippen molar-refractivity contribution in [3.05, 3.63) is 76.6 Å². The summed E-state index contributed by atoms with van der Waals surface area (Å²) >= 11 is 6.13. The normalized spacial score (nSPS) is 26.1. The Morgan fingerprint density at radius 2 is 1.95 bits per heavy atom. The maximum absolute atomic E-state index is 14.2. The molecule has 3 atom stereocenters. The molecule has 0 unspecified atom stereocenters. The van der Waals surface area contributed by atoms with Crippen LogP contribution in [-0.2, 0) is 0 Å². The van der Waals surface area contributed by atoms with Gasteiger partial charge in [-0.05, 0) is 42.2 Å². The van der Waals surface area contributed by atoms with Gasteiger partial charge in [0.05, 0.1) is 6.04 Å². The summed E-state index contributed by atoms with van der Waals surface area (Å²) in [4.78, 5) is 0. The number of benzene rings is 2. The summed E-state index contributed by atoms with van der Waals surface area (Å²) in [5.74, 6) is 0.510. The molecule has 1 aliphatic carbocycles. The van der Waals surface area contributed by atoms with Crippen molar-refractivity contribution in [3.63, 3.8) is 0 Å². The Bertz CT molecular complexity index is 725. The van der Waals surface area contributed by atoms with Crippen molar-refractivity contribution in [2.24, 2.45) is 5.92 Å². The van der Waals surface area contributed by atoms with E-state index in [-0.39, 0.29) is 11.9 Å². The maximum atomic E-state index is 14.2. The monoisotopic (exact) mass is 299 g/mol.